The molecule has 1 aromatic heterocycles. The summed E-state index contributed by atoms with van der Waals surface area (Å²) in [6.45, 7) is 2.30. The van der Waals surface area contributed by atoms with E-state index < -0.39 is 4.92 Å². The van der Waals surface area contributed by atoms with Crippen LogP contribution in [0.1, 0.15) is 17.4 Å². The predicted octanol–water partition coefficient (Wildman–Crippen LogP) is 3.43. The van der Waals surface area contributed by atoms with Gasteiger partial charge in [0.25, 0.3) is 11.6 Å². The lowest BCUT2D eigenvalue weighted by Gasteiger charge is -2.08. The summed E-state index contributed by atoms with van der Waals surface area (Å²) in [5, 5.41) is 13.5. The summed E-state index contributed by atoms with van der Waals surface area (Å²) in [5.41, 5.74) is 0.781. The standard InChI is InChI=1S/C13H12BrN3O3/c1-2-16-8-9(17(19)20)7-12(16)13(18)15-11-6-4-3-5-10(11)14/h3-8H,2H2,1H3,(H,15,18). The molecule has 0 aliphatic rings. The Bertz CT molecular complexity index is 667. The Hall–Kier alpha value is -2.15. The van der Waals surface area contributed by atoms with Crippen LogP contribution in [-0.4, -0.2) is 15.4 Å². The number of aromatic nitrogens is 1. The molecule has 7 heteroatoms. The highest BCUT2D eigenvalue weighted by atomic mass is 79.9. The lowest BCUT2D eigenvalue weighted by atomic mass is 10.3. The molecule has 1 N–H and O–H groups in total. The zero-order valence-electron chi connectivity index (χ0n) is 10.7. The topological polar surface area (TPSA) is 77.2 Å². The molecule has 0 aliphatic heterocycles. The fourth-order valence-corrected chi connectivity index (χ4v) is 2.18. The highest BCUT2D eigenvalue weighted by molar-refractivity contribution is 9.10. The van der Waals surface area contributed by atoms with E-state index in [0.717, 1.165) is 4.47 Å². The SMILES string of the molecule is CCn1cc([N+](=O)[O-])cc1C(=O)Nc1ccccc1Br. The van der Waals surface area contributed by atoms with Crippen molar-refractivity contribution in [2.45, 2.75) is 13.5 Å². The molecule has 6 nitrogen and oxygen atoms in total. The highest BCUT2D eigenvalue weighted by Crippen LogP contribution is 2.23. The number of carbonyl (C=O) groups is 1. The second-order valence-corrected chi connectivity index (χ2v) is 4.91. The van der Waals surface area contributed by atoms with Gasteiger partial charge in [-0.2, -0.15) is 0 Å². The Morgan fingerprint density at radius 2 is 2.15 bits per heavy atom. The van der Waals surface area contributed by atoms with E-state index in [4.69, 9.17) is 0 Å². The molecule has 2 aromatic rings. The molecule has 1 amide bonds. The quantitative estimate of drug-likeness (QED) is 0.685. The van der Waals surface area contributed by atoms with Crippen molar-refractivity contribution in [3.05, 3.63) is 56.8 Å². The first-order valence-electron chi connectivity index (χ1n) is 5.93. The molecular formula is C13H12BrN3O3. The van der Waals surface area contributed by atoms with Gasteiger partial charge in [0.15, 0.2) is 0 Å². The average molecular weight is 338 g/mol. The van der Waals surface area contributed by atoms with Crippen LogP contribution in [0.4, 0.5) is 11.4 Å². The molecule has 1 aromatic carbocycles. The van der Waals surface area contributed by atoms with Crippen LogP contribution in [0.2, 0.25) is 0 Å². The zero-order chi connectivity index (χ0) is 14.7. The van der Waals surface area contributed by atoms with Crippen molar-refractivity contribution in [2.75, 3.05) is 5.32 Å². The van der Waals surface area contributed by atoms with Crippen molar-refractivity contribution >= 4 is 33.2 Å². The first-order chi connectivity index (χ1) is 9.52. The Kier molecular flexibility index (Phi) is 4.19. The van der Waals surface area contributed by atoms with Gasteiger partial charge in [-0.25, -0.2) is 0 Å². The summed E-state index contributed by atoms with van der Waals surface area (Å²) in [6.07, 6.45) is 1.36. The maximum Gasteiger partial charge on any atom is 0.287 e. The van der Waals surface area contributed by atoms with Crippen LogP contribution in [0.25, 0.3) is 0 Å². The van der Waals surface area contributed by atoms with Crippen LogP contribution in [0, 0.1) is 10.1 Å². The maximum atomic E-state index is 12.2. The Labute approximate surface area is 123 Å². The molecule has 0 fully saturated rings. The van der Waals surface area contributed by atoms with Crippen LogP contribution < -0.4 is 5.32 Å². The molecule has 20 heavy (non-hydrogen) atoms. The molecule has 0 radical (unpaired) electrons. The third-order valence-corrected chi connectivity index (χ3v) is 3.48. The molecule has 2 rings (SSSR count). The van der Waals surface area contributed by atoms with E-state index in [9.17, 15) is 14.9 Å². The van der Waals surface area contributed by atoms with Gasteiger partial charge in [-0.1, -0.05) is 12.1 Å². The number of hydrogen-bond donors (Lipinski definition) is 1. The van der Waals surface area contributed by atoms with E-state index in [1.54, 1.807) is 22.8 Å². The van der Waals surface area contributed by atoms with Crippen LogP contribution in [-0.2, 0) is 6.54 Å². The molecule has 1 heterocycles. The number of carbonyl (C=O) groups excluding carboxylic acids is 1. The second-order valence-electron chi connectivity index (χ2n) is 4.06. The Morgan fingerprint density at radius 1 is 1.45 bits per heavy atom. The van der Waals surface area contributed by atoms with E-state index in [-0.39, 0.29) is 17.3 Å². The first kappa shape index (κ1) is 14.3. The number of nitrogens with zero attached hydrogens (tertiary/aromatic N) is 2. The van der Waals surface area contributed by atoms with Gasteiger partial charge in [-0.3, -0.25) is 14.9 Å². The van der Waals surface area contributed by atoms with Crippen LogP contribution in [0.5, 0.6) is 0 Å². The van der Waals surface area contributed by atoms with Crippen molar-refractivity contribution in [1.82, 2.24) is 4.57 Å². The fourth-order valence-electron chi connectivity index (χ4n) is 1.80. The number of rotatable bonds is 4. The van der Waals surface area contributed by atoms with Gasteiger partial charge in [-0.15, -0.1) is 0 Å². The van der Waals surface area contributed by atoms with Crippen molar-refractivity contribution in [2.24, 2.45) is 0 Å². The third-order valence-electron chi connectivity index (χ3n) is 2.79. The first-order valence-corrected chi connectivity index (χ1v) is 6.72. The van der Waals surface area contributed by atoms with Crippen molar-refractivity contribution in [1.29, 1.82) is 0 Å². The molecular weight excluding hydrogens is 326 g/mol. The van der Waals surface area contributed by atoms with Gasteiger partial charge in [0.05, 0.1) is 16.8 Å². The normalized spacial score (nSPS) is 10.3. The number of benzene rings is 1. The molecule has 104 valence electrons. The lowest BCUT2D eigenvalue weighted by Crippen LogP contribution is -2.16. The fraction of sp³-hybridized carbons (Fsp3) is 0.154. The summed E-state index contributed by atoms with van der Waals surface area (Å²) in [6, 6.07) is 8.45. The van der Waals surface area contributed by atoms with Crippen LogP contribution in [0.15, 0.2) is 41.0 Å². The van der Waals surface area contributed by atoms with E-state index in [1.165, 1.54) is 12.3 Å². The summed E-state index contributed by atoms with van der Waals surface area (Å²) >= 11 is 3.33. The predicted molar refractivity (Wildman–Crippen MR) is 78.9 cm³/mol. The Morgan fingerprint density at radius 3 is 2.75 bits per heavy atom. The van der Waals surface area contributed by atoms with Crippen LogP contribution >= 0.6 is 15.9 Å². The van der Waals surface area contributed by atoms with Gasteiger partial charge < -0.3 is 9.88 Å². The number of halogens is 1. The van der Waals surface area contributed by atoms with E-state index >= 15 is 0 Å². The largest absolute Gasteiger partial charge is 0.337 e. The molecule has 0 atom stereocenters. The molecule has 0 aliphatic carbocycles. The minimum Gasteiger partial charge on any atom is -0.337 e. The van der Waals surface area contributed by atoms with Gasteiger partial charge in [0, 0.05) is 17.1 Å². The summed E-state index contributed by atoms with van der Waals surface area (Å²) in [7, 11) is 0. The molecule has 0 spiro atoms. The van der Waals surface area contributed by atoms with Gasteiger partial charge in [0.2, 0.25) is 0 Å². The van der Waals surface area contributed by atoms with Gasteiger partial charge in [-0.05, 0) is 35.0 Å². The number of para-hydroxylation sites is 1. The lowest BCUT2D eigenvalue weighted by molar-refractivity contribution is -0.384. The summed E-state index contributed by atoms with van der Waals surface area (Å²) in [4.78, 5) is 22.5. The smallest absolute Gasteiger partial charge is 0.287 e. The highest BCUT2D eigenvalue weighted by Gasteiger charge is 2.19. The van der Waals surface area contributed by atoms with E-state index in [0.29, 0.717) is 12.2 Å². The number of nitrogens with one attached hydrogen (secondary N) is 1. The molecule has 0 unspecified atom stereocenters. The maximum absolute atomic E-state index is 12.2. The van der Waals surface area contributed by atoms with Gasteiger partial charge >= 0.3 is 0 Å². The van der Waals surface area contributed by atoms with Crippen molar-refractivity contribution in [3.8, 4) is 0 Å². The van der Waals surface area contributed by atoms with Crippen molar-refractivity contribution < 1.29 is 9.72 Å². The third kappa shape index (κ3) is 2.88. The summed E-state index contributed by atoms with van der Waals surface area (Å²) in [5.74, 6) is -0.383. The molecule has 0 saturated carbocycles. The second kappa shape index (κ2) is 5.87. The van der Waals surface area contributed by atoms with E-state index in [1.807, 2.05) is 13.0 Å². The number of nitro groups is 1. The summed E-state index contributed by atoms with van der Waals surface area (Å²) < 4.78 is 2.29. The molecule has 0 saturated heterocycles. The number of amides is 1. The number of anilines is 1. The zero-order valence-corrected chi connectivity index (χ0v) is 12.3. The number of aryl methyl sites for hydroxylation is 1. The molecule has 0 bridgehead atoms. The van der Waals surface area contributed by atoms with Crippen molar-refractivity contribution in [3.63, 3.8) is 0 Å². The van der Waals surface area contributed by atoms with Gasteiger partial charge in [0.1, 0.15) is 5.69 Å². The number of hydrogen-bond acceptors (Lipinski definition) is 3. The monoisotopic (exact) mass is 337 g/mol. The minimum absolute atomic E-state index is 0.0934. The Balaban J connectivity index is 2.29. The van der Waals surface area contributed by atoms with E-state index in [2.05, 4.69) is 21.2 Å². The average Bonchev–Trinajstić information content (AvgIpc) is 2.85. The van der Waals surface area contributed by atoms with Crippen LogP contribution in [0.3, 0.4) is 0 Å². The minimum atomic E-state index is -0.513.